The Morgan fingerprint density at radius 2 is 2.21 bits per heavy atom. The summed E-state index contributed by atoms with van der Waals surface area (Å²) in [5.74, 6) is -1.17. The van der Waals surface area contributed by atoms with Gasteiger partial charge in [0.2, 0.25) is 5.91 Å². The zero-order chi connectivity index (χ0) is 17.2. The first kappa shape index (κ1) is 16.8. The maximum Gasteiger partial charge on any atom is 0.245 e. The normalized spacial score (nSPS) is 16.8. The third-order valence-corrected chi connectivity index (χ3v) is 4.10. The molecule has 0 saturated carbocycles. The number of aromatic nitrogens is 1. The van der Waals surface area contributed by atoms with Crippen LogP contribution in [0.1, 0.15) is 24.5 Å². The molecule has 3 rings (SSSR count). The summed E-state index contributed by atoms with van der Waals surface area (Å²) in [5, 5.41) is 5.25. The van der Waals surface area contributed by atoms with Gasteiger partial charge in [0.25, 0.3) is 0 Å². The lowest BCUT2D eigenvalue weighted by Crippen LogP contribution is -2.33. The van der Waals surface area contributed by atoms with E-state index in [2.05, 4.69) is 15.5 Å². The van der Waals surface area contributed by atoms with Crippen LogP contribution in [0.25, 0.3) is 10.9 Å². The average Bonchev–Trinajstić information content (AvgIpc) is 2.95. The zero-order valence-corrected chi connectivity index (χ0v) is 14.3. The van der Waals surface area contributed by atoms with Crippen LogP contribution in [0, 0.1) is 6.92 Å². The minimum Gasteiger partial charge on any atom is -0.347 e. The van der Waals surface area contributed by atoms with Gasteiger partial charge in [0.05, 0.1) is 31.4 Å². The Morgan fingerprint density at radius 1 is 1.46 bits per heavy atom. The van der Waals surface area contributed by atoms with Crippen molar-refractivity contribution in [2.24, 2.45) is 5.10 Å². The largest absolute Gasteiger partial charge is 0.347 e. The molecule has 1 fully saturated rings. The first-order chi connectivity index (χ1) is 11.5. The molecule has 1 aliphatic rings. The summed E-state index contributed by atoms with van der Waals surface area (Å²) < 4.78 is 10.8. The molecule has 1 N–H and O–H groups in total. The number of amides is 1. The van der Waals surface area contributed by atoms with Crippen LogP contribution in [0.5, 0.6) is 0 Å². The Labute approximate surface area is 144 Å². The van der Waals surface area contributed by atoms with Crippen molar-refractivity contribution in [3.63, 3.8) is 0 Å². The monoisotopic (exact) mass is 347 g/mol. The molecule has 1 aromatic heterocycles. The van der Waals surface area contributed by atoms with E-state index in [4.69, 9.17) is 21.1 Å². The highest BCUT2D eigenvalue weighted by Crippen LogP contribution is 2.23. The number of benzene rings is 1. The summed E-state index contributed by atoms with van der Waals surface area (Å²) in [6.07, 6.45) is 1.56. The topological polar surface area (TPSA) is 72.8 Å². The molecule has 6 nitrogen and oxygen atoms in total. The fourth-order valence-corrected chi connectivity index (χ4v) is 2.78. The SMILES string of the molecule is Cc1cccc2cc(/C=N\NC(=O)CC3(C)OCCO3)c(Cl)nc12. The number of nitrogens with zero attached hydrogens (tertiary/aromatic N) is 2. The van der Waals surface area contributed by atoms with Gasteiger partial charge in [-0.3, -0.25) is 4.79 Å². The van der Waals surface area contributed by atoms with E-state index in [1.807, 2.05) is 31.2 Å². The standard InChI is InChI=1S/C17H18ClN3O3/c1-11-4-3-5-12-8-13(16(18)20-15(11)12)10-19-21-14(22)9-17(2)23-6-7-24-17/h3-5,8,10H,6-7,9H2,1-2H3,(H,21,22)/b19-10-. The summed E-state index contributed by atoms with van der Waals surface area (Å²) in [6, 6.07) is 7.78. The Morgan fingerprint density at radius 3 is 2.96 bits per heavy atom. The van der Waals surface area contributed by atoms with Crippen LogP contribution in [-0.4, -0.2) is 36.1 Å². The maximum absolute atomic E-state index is 11.9. The van der Waals surface area contributed by atoms with Crippen molar-refractivity contribution in [2.45, 2.75) is 26.1 Å². The third-order valence-electron chi connectivity index (χ3n) is 3.80. The van der Waals surface area contributed by atoms with Crippen LogP contribution < -0.4 is 5.43 Å². The molecule has 1 aromatic carbocycles. The number of aryl methyl sites for hydroxylation is 1. The number of hydrazone groups is 1. The van der Waals surface area contributed by atoms with Gasteiger partial charge >= 0.3 is 0 Å². The molecule has 2 aromatic rings. The molecule has 0 aliphatic carbocycles. The second-order valence-corrected chi connectivity index (χ2v) is 6.17. The summed E-state index contributed by atoms with van der Waals surface area (Å²) >= 11 is 6.20. The third kappa shape index (κ3) is 3.72. The number of ether oxygens (including phenoxy) is 2. The lowest BCUT2D eigenvalue weighted by Gasteiger charge is -2.20. The Bertz CT molecular complexity index is 801. The number of hydrogen-bond acceptors (Lipinski definition) is 5. The van der Waals surface area contributed by atoms with Crippen LogP contribution in [0.15, 0.2) is 29.4 Å². The van der Waals surface area contributed by atoms with E-state index in [-0.39, 0.29) is 12.3 Å². The Kier molecular flexibility index (Phi) is 4.80. The van der Waals surface area contributed by atoms with Gasteiger partial charge < -0.3 is 9.47 Å². The number of carbonyl (C=O) groups excluding carboxylic acids is 1. The second kappa shape index (κ2) is 6.84. The van der Waals surface area contributed by atoms with Gasteiger partial charge in [0.1, 0.15) is 5.15 Å². The number of pyridine rings is 1. The Balaban J connectivity index is 1.69. The van der Waals surface area contributed by atoms with E-state index < -0.39 is 5.79 Å². The molecular formula is C17H18ClN3O3. The quantitative estimate of drug-likeness (QED) is 0.524. The summed E-state index contributed by atoms with van der Waals surface area (Å²) in [6.45, 7) is 4.69. The van der Waals surface area contributed by atoms with Gasteiger partial charge in [-0.2, -0.15) is 5.10 Å². The number of nitrogens with one attached hydrogen (secondary N) is 1. The van der Waals surface area contributed by atoms with Gasteiger partial charge in [0, 0.05) is 10.9 Å². The highest BCUT2D eigenvalue weighted by atomic mass is 35.5. The van der Waals surface area contributed by atoms with Crippen LogP contribution in [0.4, 0.5) is 0 Å². The maximum atomic E-state index is 11.9. The zero-order valence-electron chi connectivity index (χ0n) is 13.5. The predicted octanol–water partition coefficient (Wildman–Crippen LogP) is 2.80. The van der Waals surface area contributed by atoms with Gasteiger partial charge in [-0.15, -0.1) is 0 Å². The van der Waals surface area contributed by atoms with E-state index in [0.717, 1.165) is 16.5 Å². The van der Waals surface area contributed by atoms with Crippen molar-refractivity contribution in [1.29, 1.82) is 0 Å². The number of para-hydroxylation sites is 1. The summed E-state index contributed by atoms with van der Waals surface area (Å²) in [5.41, 5.74) is 4.99. The van der Waals surface area contributed by atoms with E-state index in [9.17, 15) is 4.79 Å². The smallest absolute Gasteiger partial charge is 0.245 e. The van der Waals surface area contributed by atoms with Gasteiger partial charge in [-0.1, -0.05) is 29.8 Å². The fraction of sp³-hybridized carbons (Fsp3) is 0.353. The predicted molar refractivity (Wildman–Crippen MR) is 92.2 cm³/mol. The van der Waals surface area contributed by atoms with Gasteiger partial charge in [0.15, 0.2) is 5.79 Å². The molecule has 0 bridgehead atoms. The molecule has 2 heterocycles. The number of fused-ring (bicyclic) bond motifs is 1. The van der Waals surface area contributed by atoms with E-state index in [0.29, 0.717) is 23.9 Å². The molecular weight excluding hydrogens is 330 g/mol. The number of carbonyl (C=O) groups is 1. The minimum absolute atomic E-state index is 0.0766. The summed E-state index contributed by atoms with van der Waals surface area (Å²) in [4.78, 5) is 16.3. The highest BCUT2D eigenvalue weighted by Gasteiger charge is 2.33. The number of rotatable bonds is 4. The summed E-state index contributed by atoms with van der Waals surface area (Å²) in [7, 11) is 0. The fourth-order valence-electron chi connectivity index (χ4n) is 2.60. The van der Waals surface area contributed by atoms with E-state index in [1.54, 1.807) is 6.92 Å². The van der Waals surface area contributed by atoms with Crippen LogP contribution in [0.2, 0.25) is 5.15 Å². The van der Waals surface area contributed by atoms with Gasteiger partial charge in [-0.25, -0.2) is 10.4 Å². The van der Waals surface area contributed by atoms with Crippen molar-refractivity contribution in [1.82, 2.24) is 10.4 Å². The molecule has 7 heteroatoms. The van der Waals surface area contributed by atoms with Gasteiger partial charge in [-0.05, 0) is 25.5 Å². The molecule has 1 aliphatic heterocycles. The molecule has 0 atom stereocenters. The highest BCUT2D eigenvalue weighted by molar-refractivity contribution is 6.32. The first-order valence-electron chi connectivity index (χ1n) is 7.62. The molecule has 0 spiro atoms. The van der Waals surface area contributed by atoms with Crippen molar-refractivity contribution >= 4 is 34.6 Å². The first-order valence-corrected chi connectivity index (χ1v) is 8.00. The van der Waals surface area contributed by atoms with Crippen molar-refractivity contribution in [3.8, 4) is 0 Å². The number of halogens is 1. The minimum atomic E-state index is -0.876. The lowest BCUT2D eigenvalue weighted by atomic mass is 10.1. The van der Waals surface area contributed by atoms with Crippen LogP contribution in [0.3, 0.4) is 0 Å². The molecule has 24 heavy (non-hydrogen) atoms. The number of hydrogen-bond donors (Lipinski definition) is 1. The van der Waals surface area contributed by atoms with E-state index in [1.165, 1.54) is 6.21 Å². The second-order valence-electron chi connectivity index (χ2n) is 5.82. The van der Waals surface area contributed by atoms with Crippen LogP contribution >= 0.6 is 11.6 Å². The Hall–Kier alpha value is -2.02. The van der Waals surface area contributed by atoms with Crippen molar-refractivity contribution < 1.29 is 14.3 Å². The lowest BCUT2D eigenvalue weighted by molar-refractivity contribution is -0.159. The molecule has 1 saturated heterocycles. The molecule has 0 radical (unpaired) electrons. The van der Waals surface area contributed by atoms with E-state index >= 15 is 0 Å². The van der Waals surface area contributed by atoms with Crippen molar-refractivity contribution in [3.05, 3.63) is 40.5 Å². The molecule has 1 amide bonds. The van der Waals surface area contributed by atoms with Crippen molar-refractivity contribution in [2.75, 3.05) is 13.2 Å². The molecule has 126 valence electrons. The van der Waals surface area contributed by atoms with Crippen LogP contribution in [-0.2, 0) is 14.3 Å². The average molecular weight is 348 g/mol. The molecule has 0 unspecified atom stereocenters.